The summed E-state index contributed by atoms with van der Waals surface area (Å²) in [5.74, 6) is -0.532. The van der Waals surface area contributed by atoms with E-state index in [1.807, 2.05) is 24.3 Å². The summed E-state index contributed by atoms with van der Waals surface area (Å²) in [6.45, 7) is 0.388. The molecule has 0 aromatic heterocycles. The molecule has 0 spiro atoms. The molecule has 5 nitrogen and oxygen atoms in total. The molecule has 17 heavy (non-hydrogen) atoms. The Kier molecular flexibility index (Phi) is 3.27. The fourth-order valence-electron chi connectivity index (χ4n) is 1.70. The Morgan fingerprint density at radius 1 is 1.65 bits per heavy atom. The molecule has 0 amide bonds. The fraction of sp³-hybridized carbons (Fsp3) is 0.333. The van der Waals surface area contributed by atoms with Crippen LogP contribution in [0.2, 0.25) is 0 Å². The number of carboxylic acid groups (broad SMARTS) is 1. The van der Waals surface area contributed by atoms with E-state index in [4.69, 9.17) is 14.6 Å². The summed E-state index contributed by atoms with van der Waals surface area (Å²) in [7, 11) is 1.61. The minimum Gasteiger partial charge on any atom is -0.497 e. The Labute approximate surface area is 98.7 Å². The van der Waals surface area contributed by atoms with Crippen LogP contribution in [0.25, 0.3) is 0 Å². The van der Waals surface area contributed by atoms with Gasteiger partial charge in [0.2, 0.25) is 0 Å². The van der Waals surface area contributed by atoms with Crippen LogP contribution in [0.15, 0.2) is 29.3 Å². The van der Waals surface area contributed by atoms with E-state index in [0.717, 1.165) is 11.3 Å². The molecule has 90 valence electrons. The second-order valence-electron chi connectivity index (χ2n) is 3.75. The lowest BCUT2D eigenvalue weighted by Crippen LogP contribution is -2.20. The highest BCUT2D eigenvalue weighted by molar-refractivity contribution is 6.32. The first-order chi connectivity index (χ1) is 8.19. The maximum absolute atomic E-state index is 10.6. The second kappa shape index (κ2) is 4.86. The summed E-state index contributed by atoms with van der Waals surface area (Å²) in [5.41, 5.74) is 1.04. The van der Waals surface area contributed by atoms with Crippen LogP contribution in [0, 0.1) is 0 Å². The fourth-order valence-corrected chi connectivity index (χ4v) is 1.70. The molecule has 1 aromatic carbocycles. The SMILES string of the molecule is COc1cccc(CC2CN=C(C(=O)O)O2)c1. The minimum atomic E-state index is -1.11. The average Bonchev–Trinajstić information content (AvgIpc) is 2.78. The third-order valence-corrected chi connectivity index (χ3v) is 2.50. The smallest absolute Gasteiger partial charge is 0.391 e. The van der Waals surface area contributed by atoms with Crippen LogP contribution in [0.5, 0.6) is 5.75 Å². The van der Waals surface area contributed by atoms with E-state index < -0.39 is 5.97 Å². The van der Waals surface area contributed by atoms with Gasteiger partial charge in [-0.2, -0.15) is 0 Å². The van der Waals surface area contributed by atoms with E-state index in [1.165, 1.54) is 0 Å². The lowest BCUT2D eigenvalue weighted by Gasteiger charge is -2.10. The van der Waals surface area contributed by atoms with Gasteiger partial charge in [0.05, 0.1) is 13.7 Å². The van der Waals surface area contributed by atoms with E-state index in [-0.39, 0.29) is 12.0 Å². The molecule has 0 radical (unpaired) electrons. The summed E-state index contributed by atoms with van der Waals surface area (Å²) < 4.78 is 10.3. The predicted octanol–water partition coefficient (Wildman–Crippen LogP) is 1.12. The minimum absolute atomic E-state index is 0.196. The predicted molar refractivity (Wildman–Crippen MR) is 61.5 cm³/mol. The number of carboxylic acids is 1. The van der Waals surface area contributed by atoms with Gasteiger partial charge < -0.3 is 14.6 Å². The number of carbonyl (C=O) groups is 1. The Balaban J connectivity index is 1.97. The molecule has 0 bridgehead atoms. The maximum Gasteiger partial charge on any atom is 0.391 e. The van der Waals surface area contributed by atoms with Crippen molar-refractivity contribution < 1.29 is 19.4 Å². The van der Waals surface area contributed by atoms with Gasteiger partial charge >= 0.3 is 5.97 Å². The number of benzene rings is 1. The van der Waals surface area contributed by atoms with Gasteiger partial charge in [-0.05, 0) is 17.7 Å². The van der Waals surface area contributed by atoms with E-state index in [9.17, 15) is 4.79 Å². The van der Waals surface area contributed by atoms with Crippen LogP contribution >= 0.6 is 0 Å². The molecule has 1 unspecified atom stereocenters. The van der Waals surface area contributed by atoms with E-state index in [1.54, 1.807) is 7.11 Å². The van der Waals surface area contributed by atoms with Crippen molar-refractivity contribution in [2.45, 2.75) is 12.5 Å². The zero-order valence-corrected chi connectivity index (χ0v) is 9.42. The van der Waals surface area contributed by atoms with Crippen LogP contribution in [0.3, 0.4) is 0 Å². The Morgan fingerprint density at radius 3 is 3.12 bits per heavy atom. The first-order valence-electron chi connectivity index (χ1n) is 5.26. The number of nitrogens with zero attached hydrogens (tertiary/aromatic N) is 1. The molecule has 1 aliphatic rings. The molecular formula is C12H13NO4. The molecule has 0 fully saturated rings. The number of rotatable bonds is 4. The normalized spacial score (nSPS) is 18.4. The van der Waals surface area contributed by atoms with Gasteiger partial charge in [0.1, 0.15) is 11.9 Å². The lowest BCUT2D eigenvalue weighted by atomic mass is 10.1. The zero-order valence-electron chi connectivity index (χ0n) is 9.42. The summed E-state index contributed by atoms with van der Waals surface area (Å²) in [4.78, 5) is 14.4. The van der Waals surface area contributed by atoms with E-state index in [0.29, 0.717) is 13.0 Å². The summed E-state index contributed by atoms with van der Waals surface area (Å²) in [5, 5.41) is 8.70. The Hall–Kier alpha value is -2.04. The molecule has 5 heteroatoms. The van der Waals surface area contributed by atoms with Crippen molar-refractivity contribution in [3.8, 4) is 5.75 Å². The standard InChI is InChI=1S/C12H13NO4/c1-16-9-4-2-3-8(5-9)6-10-7-13-11(17-10)12(14)15/h2-5,10H,6-7H2,1H3,(H,14,15). The van der Waals surface area contributed by atoms with Gasteiger partial charge in [0.15, 0.2) is 0 Å². The van der Waals surface area contributed by atoms with E-state index in [2.05, 4.69) is 4.99 Å². The van der Waals surface area contributed by atoms with Crippen molar-refractivity contribution >= 4 is 11.9 Å². The van der Waals surface area contributed by atoms with Crippen LogP contribution in [-0.2, 0) is 16.0 Å². The molecule has 1 aliphatic heterocycles. The molecule has 0 saturated carbocycles. The highest BCUT2D eigenvalue weighted by Crippen LogP contribution is 2.17. The zero-order chi connectivity index (χ0) is 12.3. The summed E-state index contributed by atoms with van der Waals surface area (Å²) in [6.07, 6.45) is 0.422. The molecule has 1 atom stereocenters. The van der Waals surface area contributed by atoms with Crippen molar-refractivity contribution in [2.75, 3.05) is 13.7 Å². The van der Waals surface area contributed by atoms with Crippen molar-refractivity contribution in [2.24, 2.45) is 4.99 Å². The first-order valence-corrected chi connectivity index (χ1v) is 5.26. The summed E-state index contributed by atoms with van der Waals surface area (Å²) >= 11 is 0. The number of ether oxygens (including phenoxy) is 2. The molecule has 0 aliphatic carbocycles. The molecule has 1 N–H and O–H groups in total. The van der Waals surface area contributed by atoms with Gasteiger partial charge in [-0.25, -0.2) is 9.79 Å². The van der Waals surface area contributed by atoms with Crippen molar-refractivity contribution in [3.63, 3.8) is 0 Å². The van der Waals surface area contributed by atoms with Gasteiger partial charge in [-0.1, -0.05) is 12.1 Å². The third-order valence-electron chi connectivity index (χ3n) is 2.50. The van der Waals surface area contributed by atoms with Gasteiger partial charge in [0.25, 0.3) is 5.90 Å². The van der Waals surface area contributed by atoms with E-state index >= 15 is 0 Å². The van der Waals surface area contributed by atoms with Gasteiger partial charge in [-0.3, -0.25) is 0 Å². The van der Waals surface area contributed by atoms with Crippen LogP contribution < -0.4 is 4.74 Å². The van der Waals surface area contributed by atoms with Crippen LogP contribution in [0.1, 0.15) is 5.56 Å². The van der Waals surface area contributed by atoms with Gasteiger partial charge in [-0.15, -0.1) is 0 Å². The molecule has 0 saturated heterocycles. The number of aliphatic imine (C=N–C) groups is 1. The average molecular weight is 235 g/mol. The van der Waals surface area contributed by atoms with Crippen molar-refractivity contribution in [1.82, 2.24) is 0 Å². The van der Waals surface area contributed by atoms with Crippen LogP contribution in [0.4, 0.5) is 0 Å². The molecule has 2 rings (SSSR count). The Morgan fingerprint density at radius 2 is 2.47 bits per heavy atom. The highest BCUT2D eigenvalue weighted by atomic mass is 16.5. The molecule has 1 aromatic rings. The highest BCUT2D eigenvalue weighted by Gasteiger charge is 2.24. The van der Waals surface area contributed by atoms with Crippen LogP contribution in [-0.4, -0.2) is 36.7 Å². The molecule has 1 heterocycles. The first kappa shape index (κ1) is 11.4. The topological polar surface area (TPSA) is 68.1 Å². The molecular weight excluding hydrogens is 222 g/mol. The quantitative estimate of drug-likeness (QED) is 0.849. The number of hydrogen-bond donors (Lipinski definition) is 1. The second-order valence-corrected chi connectivity index (χ2v) is 3.75. The third kappa shape index (κ3) is 2.75. The van der Waals surface area contributed by atoms with Crippen molar-refractivity contribution in [1.29, 1.82) is 0 Å². The number of aliphatic carboxylic acids is 1. The van der Waals surface area contributed by atoms with Crippen molar-refractivity contribution in [3.05, 3.63) is 29.8 Å². The lowest BCUT2D eigenvalue weighted by molar-refractivity contribution is -0.131. The van der Waals surface area contributed by atoms with Gasteiger partial charge in [0, 0.05) is 6.42 Å². The maximum atomic E-state index is 10.6. The Bertz CT molecular complexity index is 456. The largest absolute Gasteiger partial charge is 0.497 e. The number of hydrogen-bond acceptors (Lipinski definition) is 4. The number of methoxy groups -OCH3 is 1. The monoisotopic (exact) mass is 235 g/mol. The summed E-state index contributed by atoms with van der Waals surface area (Å²) in [6, 6.07) is 7.60.